The fourth-order valence-electron chi connectivity index (χ4n) is 3.84. The molecule has 1 saturated carbocycles. The van der Waals surface area contributed by atoms with Gasteiger partial charge in [-0.15, -0.1) is 0 Å². The van der Waals surface area contributed by atoms with Crippen molar-refractivity contribution < 1.29 is 14.6 Å². The van der Waals surface area contributed by atoms with Crippen LogP contribution in [0, 0.1) is 5.82 Å². The summed E-state index contributed by atoms with van der Waals surface area (Å²) in [5.74, 6) is -0.399. The maximum absolute atomic E-state index is 13.3. The number of anilines is 1. The lowest BCUT2D eigenvalue weighted by Gasteiger charge is -2.32. The monoisotopic (exact) mass is 413 g/mol. The molecule has 5 rings (SSSR count). The van der Waals surface area contributed by atoms with Crippen molar-refractivity contribution >= 4 is 37.8 Å². The summed E-state index contributed by atoms with van der Waals surface area (Å²) in [5.41, 5.74) is 3.11. The number of hydrogen-bond acceptors (Lipinski definition) is 7. The Morgan fingerprint density at radius 1 is 1.17 bits per heavy atom. The number of fused-ring (bicyclic) bond motifs is 2. The Hall–Kier alpha value is -2.62. The van der Waals surface area contributed by atoms with Crippen LogP contribution in [0.5, 0.6) is 0 Å². The molecule has 150 valence electrons. The van der Waals surface area contributed by atoms with Crippen LogP contribution in [0.1, 0.15) is 24.8 Å². The minimum Gasteiger partial charge on any atom is -0.390 e. The van der Waals surface area contributed by atoms with Gasteiger partial charge in [0.2, 0.25) is 0 Å². The van der Waals surface area contributed by atoms with Gasteiger partial charge in [0, 0.05) is 6.07 Å². The van der Waals surface area contributed by atoms with Crippen molar-refractivity contribution in [2.75, 3.05) is 5.32 Å². The number of aliphatic hydroxyl groups excluding tert-OH is 2. The summed E-state index contributed by atoms with van der Waals surface area (Å²) >= 11 is 1.52. The molecule has 1 fully saturated rings. The Morgan fingerprint density at radius 2 is 2.07 bits per heavy atom. The number of imidazole rings is 1. The summed E-state index contributed by atoms with van der Waals surface area (Å²) < 4.78 is 16.2. The van der Waals surface area contributed by atoms with Gasteiger partial charge < -0.3 is 20.1 Å². The summed E-state index contributed by atoms with van der Waals surface area (Å²) in [6.45, 7) is 0.569. The van der Waals surface area contributed by atoms with E-state index in [2.05, 4.69) is 26.3 Å². The summed E-state index contributed by atoms with van der Waals surface area (Å²) in [5, 5.41) is 24.1. The average molecular weight is 413 g/mol. The van der Waals surface area contributed by atoms with E-state index < -0.39 is 18.0 Å². The fraction of sp³-hybridized carbons (Fsp3) is 0.350. The van der Waals surface area contributed by atoms with Gasteiger partial charge in [-0.1, -0.05) is 17.4 Å². The van der Waals surface area contributed by atoms with Gasteiger partial charge in [-0.05, 0) is 37.0 Å². The van der Waals surface area contributed by atoms with Crippen molar-refractivity contribution in [2.45, 2.75) is 44.1 Å². The highest BCUT2D eigenvalue weighted by Gasteiger charge is 2.30. The Kier molecular flexibility index (Phi) is 4.65. The van der Waals surface area contributed by atoms with Gasteiger partial charge in [0.1, 0.15) is 11.3 Å². The molecule has 1 unspecified atom stereocenters. The fourth-order valence-corrected chi connectivity index (χ4v) is 4.83. The maximum atomic E-state index is 13.3. The summed E-state index contributed by atoms with van der Waals surface area (Å²) in [4.78, 5) is 13.0. The third-order valence-electron chi connectivity index (χ3n) is 5.36. The van der Waals surface area contributed by atoms with Crippen molar-refractivity contribution in [2.24, 2.45) is 0 Å². The zero-order valence-corrected chi connectivity index (χ0v) is 16.3. The molecule has 0 bridgehead atoms. The van der Waals surface area contributed by atoms with Crippen LogP contribution in [0.15, 0.2) is 36.8 Å². The molecular weight excluding hydrogens is 393 g/mol. The van der Waals surface area contributed by atoms with Crippen LogP contribution >= 0.6 is 11.3 Å². The lowest BCUT2D eigenvalue weighted by atomic mass is 9.90. The van der Waals surface area contributed by atoms with Crippen LogP contribution in [-0.2, 0) is 6.54 Å². The Balaban J connectivity index is 1.37. The van der Waals surface area contributed by atoms with Crippen LogP contribution in [0.25, 0.3) is 21.4 Å². The van der Waals surface area contributed by atoms with E-state index in [0.717, 1.165) is 33.8 Å². The lowest BCUT2D eigenvalue weighted by molar-refractivity contribution is -0.0161. The highest BCUT2D eigenvalue weighted by atomic mass is 32.1. The molecule has 29 heavy (non-hydrogen) atoms. The first kappa shape index (κ1) is 18.4. The molecule has 1 aliphatic carbocycles. The molecule has 3 heterocycles. The number of aromatic nitrogens is 4. The second kappa shape index (κ2) is 7.33. The molecule has 0 radical (unpaired) electrons. The number of rotatable bonds is 4. The molecule has 3 aromatic heterocycles. The number of halogens is 1. The summed E-state index contributed by atoms with van der Waals surface area (Å²) in [7, 11) is 0. The molecule has 0 spiro atoms. The Bertz CT molecular complexity index is 1180. The summed E-state index contributed by atoms with van der Waals surface area (Å²) in [6, 6.07) is 7.22. The molecule has 3 atom stereocenters. The smallest absolute Gasteiger partial charge is 0.184 e. The van der Waals surface area contributed by atoms with Crippen LogP contribution in [0.2, 0.25) is 0 Å². The topological polar surface area (TPSA) is 96.1 Å². The molecule has 0 saturated heterocycles. The quantitative estimate of drug-likeness (QED) is 0.476. The van der Waals surface area contributed by atoms with Crippen LogP contribution in [-0.4, -0.2) is 48.0 Å². The summed E-state index contributed by atoms with van der Waals surface area (Å²) in [6.07, 6.45) is 3.71. The largest absolute Gasteiger partial charge is 0.390 e. The minimum absolute atomic E-state index is 0.192. The van der Waals surface area contributed by atoms with E-state index in [9.17, 15) is 14.6 Å². The molecule has 0 aliphatic heterocycles. The first-order valence-corrected chi connectivity index (χ1v) is 10.4. The number of hydrogen-bond donors (Lipinski definition) is 3. The highest BCUT2D eigenvalue weighted by molar-refractivity contribution is 7.22. The first-order chi connectivity index (χ1) is 14.1. The van der Waals surface area contributed by atoms with Crippen molar-refractivity contribution in [1.29, 1.82) is 0 Å². The number of aliphatic hydroxyl groups is 2. The molecule has 0 amide bonds. The Labute approximate surface area is 169 Å². The zero-order valence-electron chi connectivity index (χ0n) is 15.5. The second-order valence-corrected chi connectivity index (χ2v) is 8.46. The molecule has 9 heteroatoms. The molecule has 3 N–H and O–H groups in total. The van der Waals surface area contributed by atoms with Gasteiger partial charge in [0.05, 0.1) is 47.5 Å². The van der Waals surface area contributed by atoms with Gasteiger partial charge in [0.25, 0.3) is 0 Å². The van der Waals surface area contributed by atoms with E-state index in [1.54, 1.807) is 6.33 Å². The molecule has 7 nitrogen and oxygen atoms in total. The first-order valence-electron chi connectivity index (χ1n) is 9.55. The van der Waals surface area contributed by atoms with E-state index in [4.69, 9.17) is 0 Å². The molecule has 4 aromatic rings. The van der Waals surface area contributed by atoms with Crippen molar-refractivity contribution in [3.8, 4) is 0 Å². The van der Waals surface area contributed by atoms with Gasteiger partial charge in [-0.3, -0.25) is 0 Å². The number of nitrogens with one attached hydrogen (secondary N) is 1. The van der Waals surface area contributed by atoms with Gasteiger partial charge >= 0.3 is 0 Å². The molecule has 1 aromatic carbocycles. The molecular formula is C20H20FN5O2S. The normalized spacial score (nSPS) is 22.4. The van der Waals surface area contributed by atoms with Gasteiger partial charge in [0.15, 0.2) is 10.8 Å². The van der Waals surface area contributed by atoms with E-state index in [1.807, 2.05) is 16.7 Å². The number of thiazole rings is 1. The third kappa shape index (κ3) is 3.57. The van der Waals surface area contributed by atoms with Crippen LogP contribution in [0.3, 0.4) is 0 Å². The lowest BCUT2D eigenvalue weighted by Crippen LogP contribution is -2.45. The van der Waals surface area contributed by atoms with Crippen molar-refractivity contribution in [3.63, 3.8) is 0 Å². The van der Waals surface area contributed by atoms with Crippen LogP contribution in [0.4, 0.5) is 9.52 Å². The van der Waals surface area contributed by atoms with Crippen molar-refractivity contribution in [1.82, 2.24) is 19.5 Å². The SMILES string of the molecule is O[C@@H]1C(Nc2nc3ccc(Cn4cnc5cc(F)cnc54)cc3s2)CCC[C@@H]1O. The van der Waals surface area contributed by atoms with Crippen LogP contribution < -0.4 is 5.32 Å². The predicted octanol–water partition coefficient (Wildman–Crippen LogP) is 2.91. The minimum atomic E-state index is -0.779. The number of nitrogens with zero attached hydrogens (tertiary/aromatic N) is 4. The number of pyridine rings is 1. The molecule has 1 aliphatic rings. The zero-order chi connectivity index (χ0) is 20.0. The van der Waals surface area contributed by atoms with Gasteiger partial charge in [-0.2, -0.15) is 0 Å². The second-order valence-electron chi connectivity index (χ2n) is 7.43. The van der Waals surface area contributed by atoms with Gasteiger partial charge in [-0.25, -0.2) is 19.3 Å². The Morgan fingerprint density at radius 3 is 2.97 bits per heavy atom. The third-order valence-corrected chi connectivity index (χ3v) is 6.31. The van der Waals surface area contributed by atoms with E-state index in [1.165, 1.54) is 23.6 Å². The average Bonchev–Trinajstić information content (AvgIpc) is 3.28. The van der Waals surface area contributed by atoms with E-state index in [0.29, 0.717) is 24.1 Å². The standard InChI is InChI=1S/C20H20FN5O2S/c21-12-7-15-19(22-8-12)26(10-23-15)9-11-4-5-13-17(6-11)29-20(24-13)25-14-2-1-3-16(27)18(14)28/h4-8,10,14,16,18,27-28H,1-3,9H2,(H,24,25)/t14?,16-,18+/m0/s1. The van der Waals surface area contributed by atoms with E-state index >= 15 is 0 Å². The van der Waals surface area contributed by atoms with E-state index in [-0.39, 0.29) is 6.04 Å². The van der Waals surface area contributed by atoms with Crippen molar-refractivity contribution in [3.05, 3.63) is 48.2 Å². The maximum Gasteiger partial charge on any atom is 0.184 e. The predicted molar refractivity (Wildman–Crippen MR) is 109 cm³/mol. The number of benzene rings is 1. The highest BCUT2D eigenvalue weighted by Crippen LogP contribution is 2.30.